The minimum atomic E-state index is 0.777. The summed E-state index contributed by atoms with van der Waals surface area (Å²) in [6.45, 7) is 6.08. The minimum Gasteiger partial charge on any atom is -0.460 e. The van der Waals surface area contributed by atoms with Crippen LogP contribution in [0.4, 0.5) is 0 Å². The number of hydrogen-bond acceptors (Lipinski definition) is 2. The Morgan fingerprint density at radius 2 is 1.95 bits per heavy atom. The largest absolute Gasteiger partial charge is 0.460 e. The van der Waals surface area contributed by atoms with Crippen LogP contribution in [0.2, 0.25) is 5.02 Å². The van der Waals surface area contributed by atoms with Gasteiger partial charge in [-0.1, -0.05) is 49.9 Å². The Bertz CT molecular complexity index is 562. The van der Waals surface area contributed by atoms with E-state index in [-0.39, 0.29) is 0 Å². The van der Waals surface area contributed by atoms with E-state index in [4.69, 9.17) is 16.0 Å². The van der Waals surface area contributed by atoms with Crippen molar-refractivity contribution in [3.05, 3.63) is 46.7 Å². The number of rotatable bonds is 8. The van der Waals surface area contributed by atoms with E-state index in [2.05, 4.69) is 12.2 Å². The van der Waals surface area contributed by atoms with Crippen molar-refractivity contribution in [3.8, 4) is 11.3 Å². The van der Waals surface area contributed by atoms with Gasteiger partial charge in [-0.25, -0.2) is 0 Å². The highest BCUT2D eigenvalue weighted by Gasteiger charge is 2.09. The maximum Gasteiger partial charge on any atom is 0.134 e. The highest BCUT2D eigenvalue weighted by molar-refractivity contribution is 6.31. The third-order valence-electron chi connectivity index (χ3n) is 3.70. The van der Waals surface area contributed by atoms with Crippen LogP contribution in [0.25, 0.3) is 11.3 Å². The van der Waals surface area contributed by atoms with Crippen molar-refractivity contribution in [2.45, 2.75) is 46.1 Å². The Labute approximate surface area is 132 Å². The molecule has 2 aromatic rings. The Kier molecular flexibility index (Phi) is 6.34. The molecule has 0 aliphatic rings. The van der Waals surface area contributed by atoms with Crippen LogP contribution >= 0.6 is 11.6 Å². The molecule has 0 spiro atoms. The first-order chi connectivity index (χ1) is 10.2. The predicted molar refractivity (Wildman–Crippen MR) is 89.7 cm³/mol. The second-order valence-electron chi connectivity index (χ2n) is 5.42. The van der Waals surface area contributed by atoms with Crippen LogP contribution in [0.3, 0.4) is 0 Å². The average molecular weight is 306 g/mol. The van der Waals surface area contributed by atoms with Gasteiger partial charge < -0.3 is 9.73 Å². The summed E-state index contributed by atoms with van der Waals surface area (Å²) in [7, 11) is 0. The van der Waals surface area contributed by atoms with E-state index < -0.39 is 0 Å². The zero-order valence-corrected chi connectivity index (χ0v) is 13.7. The normalized spacial score (nSPS) is 11.0. The highest BCUT2D eigenvalue weighted by atomic mass is 35.5. The van der Waals surface area contributed by atoms with E-state index in [1.807, 2.05) is 37.3 Å². The van der Waals surface area contributed by atoms with Crippen LogP contribution in [-0.4, -0.2) is 6.54 Å². The number of halogens is 1. The maximum absolute atomic E-state index is 6.16. The molecule has 21 heavy (non-hydrogen) atoms. The Morgan fingerprint density at radius 1 is 1.10 bits per heavy atom. The quantitative estimate of drug-likeness (QED) is 0.644. The number of benzene rings is 1. The monoisotopic (exact) mass is 305 g/mol. The lowest BCUT2D eigenvalue weighted by molar-refractivity contribution is 0.487. The van der Waals surface area contributed by atoms with Gasteiger partial charge in [-0.05, 0) is 43.7 Å². The molecule has 1 heterocycles. The van der Waals surface area contributed by atoms with Crippen LogP contribution in [0.1, 0.15) is 43.9 Å². The molecule has 0 saturated carbocycles. The van der Waals surface area contributed by atoms with Gasteiger partial charge in [0.05, 0.1) is 6.54 Å². The van der Waals surface area contributed by atoms with Crippen molar-refractivity contribution in [1.82, 2.24) is 5.32 Å². The zero-order chi connectivity index (χ0) is 15.1. The molecule has 2 rings (SSSR count). The van der Waals surface area contributed by atoms with E-state index in [1.165, 1.54) is 25.7 Å². The Hall–Kier alpha value is -1.25. The third kappa shape index (κ3) is 4.62. The van der Waals surface area contributed by atoms with E-state index >= 15 is 0 Å². The smallest absolute Gasteiger partial charge is 0.134 e. The van der Waals surface area contributed by atoms with Crippen LogP contribution in [-0.2, 0) is 6.54 Å². The van der Waals surface area contributed by atoms with Crippen LogP contribution in [0.5, 0.6) is 0 Å². The molecule has 1 aromatic carbocycles. The summed E-state index contributed by atoms with van der Waals surface area (Å²) in [5.74, 6) is 1.86. The summed E-state index contributed by atoms with van der Waals surface area (Å²) < 4.78 is 5.91. The number of hydrogen-bond donors (Lipinski definition) is 1. The number of unbranched alkanes of at least 4 members (excludes halogenated alkanes) is 3. The Morgan fingerprint density at radius 3 is 2.76 bits per heavy atom. The molecule has 2 nitrogen and oxygen atoms in total. The fraction of sp³-hybridized carbons (Fsp3) is 0.444. The van der Waals surface area contributed by atoms with Crippen LogP contribution in [0.15, 0.2) is 34.7 Å². The van der Waals surface area contributed by atoms with Crippen molar-refractivity contribution in [1.29, 1.82) is 0 Å². The third-order valence-corrected chi connectivity index (χ3v) is 4.11. The molecule has 0 saturated heterocycles. The van der Waals surface area contributed by atoms with E-state index in [1.54, 1.807) is 0 Å². The lowest BCUT2D eigenvalue weighted by Gasteiger charge is -2.05. The van der Waals surface area contributed by atoms with Crippen molar-refractivity contribution < 1.29 is 4.42 Å². The number of furan rings is 1. The van der Waals surface area contributed by atoms with Gasteiger partial charge in [-0.3, -0.25) is 0 Å². The van der Waals surface area contributed by atoms with Crippen molar-refractivity contribution in [2.24, 2.45) is 0 Å². The molecule has 1 aromatic heterocycles. The summed E-state index contributed by atoms with van der Waals surface area (Å²) in [4.78, 5) is 0. The van der Waals surface area contributed by atoms with Gasteiger partial charge in [0.2, 0.25) is 0 Å². The standard InChI is InChI=1S/C18H24ClNO/c1-3-4-5-6-12-20-13-15-10-11-18(21-15)16-8-7-9-17(19)14(16)2/h7-11,20H,3-6,12-13H2,1-2H3. The van der Waals surface area contributed by atoms with Crippen LogP contribution in [0, 0.1) is 6.92 Å². The molecule has 0 aliphatic carbocycles. The second kappa shape index (κ2) is 8.26. The fourth-order valence-corrected chi connectivity index (χ4v) is 2.55. The second-order valence-corrected chi connectivity index (χ2v) is 5.82. The topological polar surface area (TPSA) is 25.2 Å². The number of nitrogens with one attached hydrogen (secondary N) is 1. The summed E-state index contributed by atoms with van der Waals surface area (Å²) >= 11 is 6.16. The zero-order valence-electron chi connectivity index (χ0n) is 12.9. The molecule has 0 fully saturated rings. The molecular weight excluding hydrogens is 282 g/mol. The van der Waals surface area contributed by atoms with E-state index in [0.717, 1.165) is 40.8 Å². The van der Waals surface area contributed by atoms with E-state index in [0.29, 0.717) is 0 Å². The molecule has 0 bridgehead atoms. The first-order valence-electron chi connectivity index (χ1n) is 7.77. The van der Waals surface area contributed by atoms with Gasteiger partial charge in [0, 0.05) is 10.6 Å². The SMILES string of the molecule is CCCCCCNCc1ccc(-c2cccc(Cl)c2C)o1. The molecule has 0 amide bonds. The summed E-state index contributed by atoms with van der Waals surface area (Å²) in [6.07, 6.45) is 5.13. The van der Waals surface area contributed by atoms with Crippen LogP contribution < -0.4 is 5.32 Å². The van der Waals surface area contributed by atoms with Gasteiger partial charge in [0.15, 0.2) is 0 Å². The van der Waals surface area contributed by atoms with Gasteiger partial charge in [0.25, 0.3) is 0 Å². The van der Waals surface area contributed by atoms with Crippen molar-refractivity contribution >= 4 is 11.6 Å². The van der Waals surface area contributed by atoms with Gasteiger partial charge in [0.1, 0.15) is 11.5 Å². The minimum absolute atomic E-state index is 0.777. The summed E-state index contributed by atoms with van der Waals surface area (Å²) in [5, 5.41) is 4.21. The van der Waals surface area contributed by atoms with E-state index in [9.17, 15) is 0 Å². The molecule has 0 atom stereocenters. The molecule has 0 radical (unpaired) electrons. The van der Waals surface area contributed by atoms with Crippen molar-refractivity contribution in [3.63, 3.8) is 0 Å². The molecule has 3 heteroatoms. The first-order valence-corrected chi connectivity index (χ1v) is 8.15. The van der Waals surface area contributed by atoms with Gasteiger partial charge in [-0.15, -0.1) is 0 Å². The molecule has 0 aliphatic heterocycles. The maximum atomic E-state index is 6.16. The van der Waals surface area contributed by atoms with Gasteiger partial charge >= 0.3 is 0 Å². The fourth-order valence-electron chi connectivity index (χ4n) is 2.38. The van der Waals surface area contributed by atoms with Crippen molar-refractivity contribution in [2.75, 3.05) is 6.54 Å². The molecular formula is C18H24ClNO. The summed E-state index contributed by atoms with van der Waals surface area (Å²) in [6, 6.07) is 9.96. The lowest BCUT2D eigenvalue weighted by atomic mass is 10.1. The molecule has 0 unspecified atom stereocenters. The summed E-state index contributed by atoms with van der Waals surface area (Å²) in [5.41, 5.74) is 2.13. The molecule has 1 N–H and O–H groups in total. The highest BCUT2D eigenvalue weighted by Crippen LogP contribution is 2.29. The van der Waals surface area contributed by atoms with Gasteiger partial charge in [-0.2, -0.15) is 0 Å². The molecule has 114 valence electrons. The Balaban J connectivity index is 1.88. The lowest BCUT2D eigenvalue weighted by Crippen LogP contribution is -2.14. The average Bonchev–Trinajstić information content (AvgIpc) is 2.94. The first kappa shape index (κ1) is 16.1. The predicted octanol–water partition coefficient (Wildman–Crippen LogP) is 5.58.